The van der Waals surface area contributed by atoms with E-state index in [0.717, 1.165) is 12.1 Å². The summed E-state index contributed by atoms with van der Waals surface area (Å²) in [6.45, 7) is 2.35. The molecule has 2 atom stereocenters. The molecule has 0 amide bonds. The average molecular weight is 248 g/mol. The first kappa shape index (κ1) is 13.5. The van der Waals surface area contributed by atoms with Crippen LogP contribution in [0.4, 0.5) is 0 Å². The molecular formula is C15H24N2O. The van der Waals surface area contributed by atoms with Crippen molar-refractivity contribution in [3.63, 3.8) is 0 Å². The molecule has 2 rings (SSSR count). The molecular weight excluding hydrogens is 224 g/mol. The zero-order valence-electron chi connectivity index (χ0n) is 11.2. The largest absolute Gasteiger partial charge is 0.394 e. The van der Waals surface area contributed by atoms with E-state index in [4.69, 9.17) is 5.73 Å². The van der Waals surface area contributed by atoms with Gasteiger partial charge in [-0.25, -0.2) is 0 Å². The van der Waals surface area contributed by atoms with Crippen molar-refractivity contribution in [2.75, 3.05) is 26.7 Å². The first-order chi connectivity index (χ1) is 8.72. The Kier molecular flexibility index (Phi) is 4.75. The third kappa shape index (κ3) is 3.10. The molecule has 1 aliphatic rings. The summed E-state index contributed by atoms with van der Waals surface area (Å²) in [5, 5.41) is 9.28. The second-order valence-electron chi connectivity index (χ2n) is 5.35. The van der Waals surface area contributed by atoms with Crippen molar-refractivity contribution in [1.82, 2.24) is 4.90 Å². The van der Waals surface area contributed by atoms with Crippen molar-refractivity contribution < 1.29 is 5.11 Å². The normalized spacial score (nSPS) is 23.6. The lowest BCUT2D eigenvalue weighted by Gasteiger charge is -2.21. The second-order valence-corrected chi connectivity index (χ2v) is 5.35. The Labute approximate surface area is 110 Å². The maximum atomic E-state index is 9.28. The molecule has 2 unspecified atom stereocenters. The molecule has 18 heavy (non-hydrogen) atoms. The second kappa shape index (κ2) is 6.32. The zero-order valence-corrected chi connectivity index (χ0v) is 11.2. The van der Waals surface area contributed by atoms with Gasteiger partial charge in [-0.2, -0.15) is 0 Å². The Morgan fingerprint density at radius 2 is 2.11 bits per heavy atom. The van der Waals surface area contributed by atoms with Crippen molar-refractivity contribution in [1.29, 1.82) is 0 Å². The monoisotopic (exact) mass is 248 g/mol. The van der Waals surface area contributed by atoms with Crippen LogP contribution in [0.15, 0.2) is 24.3 Å². The van der Waals surface area contributed by atoms with Crippen LogP contribution in [0.1, 0.15) is 42.3 Å². The number of aliphatic hydroxyl groups is 1. The summed E-state index contributed by atoms with van der Waals surface area (Å²) in [7, 11) is 2.19. The van der Waals surface area contributed by atoms with Gasteiger partial charge < -0.3 is 15.7 Å². The third-order valence-corrected chi connectivity index (χ3v) is 3.98. The van der Waals surface area contributed by atoms with E-state index in [-0.39, 0.29) is 12.6 Å². The quantitative estimate of drug-likeness (QED) is 0.858. The molecule has 0 saturated carbocycles. The highest BCUT2D eigenvalue weighted by Crippen LogP contribution is 2.32. The van der Waals surface area contributed by atoms with E-state index in [2.05, 4.69) is 30.1 Å². The minimum absolute atomic E-state index is 0.0175. The van der Waals surface area contributed by atoms with Crippen LogP contribution in [-0.4, -0.2) is 36.8 Å². The molecule has 1 saturated heterocycles. The summed E-state index contributed by atoms with van der Waals surface area (Å²) in [6.07, 6.45) is 3.65. The van der Waals surface area contributed by atoms with E-state index < -0.39 is 0 Å². The van der Waals surface area contributed by atoms with E-state index in [1.165, 1.54) is 31.4 Å². The topological polar surface area (TPSA) is 49.5 Å². The van der Waals surface area contributed by atoms with Crippen molar-refractivity contribution in [3.05, 3.63) is 35.4 Å². The molecule has 0 radical (unpaired) electrons. The summed E-state index contributed by atoms with van der Waals surface area (Å²) in [5.41, 5.74) is 8.47. The van der Waals surface area contributed by atoms with Crippen molar-refractivity contribution >= 4 is 0 Å². The fourth-order valence-corrected chi connectivity index (χ4v) is 2.87. The predicted molar refractivity (Wildman–Crippen MR) is 74.5 cm³/mol. The minimum atomic E-state index is -0.248. The summed E-state index contributed by atoms with van der Waals surface area (Å²) >= 11 is 0. The molecule has 100 valence electrons. The average Bonchev–Trinajstić information content (AvgIpc) is 2.62. The van der Waals surface area contributed by atoms with Gasteiger partial charge in [0.05, 0.1) is 12.6 Å². The number of rotatable bonds is 3. The summed E-state index contributed by atoms with van der Waals surface area (Å²) in [5.74, 6) is 0.587. The van der Waals surface area contributed by atoms with Crippen LogP contribution in [0.5, 0.6) is 0 Å². The van der Waals surface area contributed by atoms with Gasteiger partial charge in [0.2, 0.25) is 0 Å². The molecule has 0 aliphatic carbocycles. The Balaban J connectivity index is 2.21. The highest BCUT2D eigenvalue weighted by atomic mass is 16.3. The lowest BCUT2D eigenvalue weighted by molar-refractivity contribution is 0.267. The summed E-state index contributed by atoms with van der Waals surface area (Å²) < 4.78 is 0. The fourth-order valence-electron chi connectivity index (χ4n) is 2.87. The van der Waals surface area contributed by atoms with Gasteiger partial charge in [-0.3, -0.25) is 0 Å². The van der Waals surface area contributed by atoms with E-state index >= 15 is 0 Å². The molecule has 0 spiro atoms. The highest BCUT2D eigenvalue weighted by Gasteiger charge is 2.20. The first-order valence-electron chi connectivity index (χ1n) is 6.86. The lowest BCUT2D eigenvalue weighted by Crippen LogP contribution is -2.19. The van der Waals surface area contributed by atoms with Crippen molar-refractivity contribution in [2.24, 2.45) is 5.73 Å². The minimum Gasteiger partial charge on any atom is -0.394 e. The molecule has 0 bridgehead atoms. The van der Waals surface area contributed by atoms with Crippen molar-refractivity contribution in [3.8, 4) is 0 Å². The van der Waals surface area contributed by atoms with Crippen LogP contribution >= 0.6 is 0 Å². The number of nitrogens with zero attached hydrogens (tertiary/aromatic N) is 1. The molecule has 1 aromatic carbocycles. The van der Waals surface area contributed by atoms with Crippen LogP contribution in [-0.2, 0) is 0 Å². The Hall–Kier alpha value is -0.900. The molecule has 3 heteroatoms. The standard InChI is InChI=1S/C15H24N2O/c1-17-9-4-5-12(8-10-17)13-6-2-3-7-14(13)15(16)11-18/h2-3,6-7,12,15,18H,4-5,8-11,16H2,1H3. The van der Waals surface area contributed by atoms with Gasteiger partial charge in [0.1, 0.15) is 0 Å². The molecule has 3 N–H and O–H groups in total. The van der Waals surface area contributed by atoms with Crippen LogP contribution in [0.3, 0.4) is 0 Å². The van der Waals surface area contributed by atoms with Crippen LogP contribution in [0.25, 0.3) is 0 Å². The molecule has 3 nitrogen and oxygen atoms in total. The van der Waals surface area contributed by atoms with E-state index in [1.807, 2.05) is 6.07 Å². The van der Waals surface area contributed by atoms with E-state index in [1.54, 1.807) is 0 Å². The number of hydrogen-bond acceptors (Lipinski definition) is 3. The number of benzene rings is 1. The van der Waals surface area contributed by atoms with Gasteiger partial charge in [0.15, 0.2) is 0 Å². The predicted octanol–water partition coefficient (Wildman–Crippen LogP) is 1.88. The van der Waals surface area contributed by atoms with Crippen LogP contribution in [0, 0.1) is 0 Å². The van der Waals surface area contributed by atoms with Crippen molar-refractivity contribution in [2.45, 2.75) is 31.2 Å². The van der Waals surface area contributed by atoms with Gasteiger partial charge in [0, 0.05) is 0 Å². The summed E-state index contributed by atoms with van der Waals surface area (Å²) in [6, 6.07) is 8.09. The first-order valence-corrected chi connectivity index (χ1v) is 6.86. The van der Waals surface area contributed by atoms with Gasteiger partial charge in [-0.15, -0.1) is 0 Å². The fraction of sp³-hybridized carbons (Fsp3) is 0.600. The highest BCUT2D eigenvalue weighted by molar-refractivity contribution is 5.33. The number of nitrogens with two attached hydrogens (primary N) is 1. The summed E-state index contributed by atoms with van der Waals surface area (Å²) in [4.78, 5) is 2.40. The Morgan fingerprint density at radius 1 is 1.33 bits per heavy atom. The maximum absolute atomic E-state index is 9.28. The molecule has 1 aliphatic heterocycles. The molecule has 0 aromatic heterocycles. The molecule has 1 heterocycles. The van der Waals surface area contributed by atoms with E-state index in [0.29, 0.717) is 5.92 Å². The molecule has 1 aromatic rings. The number of likely N-dealkylation sites (tertiary alicyclic amines) is 1. The number of hydrogen-bond donors (Lipinski definition) is 2. The lowest BCUT2D eigenvalue weighted by atomic mass is 9.86. The van der Waals surface area contributed by atoms with Gasteiger partial charge in [-0.05, 0) is 56.4 Å². The number of aliphatic hydroxyl groups excluding tert-OH is 1. The smallest absolute Gasteiger partial charge is 0.0624 e. The van der Waals surface area contributed by atoms with Crippen LogP contribution in [0.2, 0.25) is 0 Å². The van der Waals surface area contributed by atoms with Gasteiger partial charge >= 0.3 is 0 Å². The Morgan fingerprint density at radius 3 is 2.89 bits per heavy atom. The third-order valence-electron chi connectivity index (χ3n) is 3.98. The SMILES string of the molecule is CN1CCCC(c2ccccc2C(N)CO)CC1. The van der Waals surface area contributed by atoms with Gasteiger partial charge in [0.25, 0.3) is 0 Å². The maximum Gasteiger partial charge on any atom is 0.0624 e. The van der Waals surface area contributed by atoms with E-state index in [9.17, 15) is 5.11 Å². The van der Waals surface area contributed by atoms with Gasteiger partial charge in [-0.1, -0.05) is 24.3 Å². The van der Waals surface area contributed by atoms with Crippen LogP contribution < -0.4 is 5.73 Å². The Bertz CT molecular complexity index is 381. The molecule has 1 fully saturated rings. The zero-order chi connectivity index (χ0) is 13.0.